The SMILES string of the molecule is CC(N)CN(C)c1nnnn1-c1ccccc1. The number of hydrogen-bond acceptors (Lipinski definition) is 5. The number of aromatic nitrogens is 4. The Morgan fingerprint density at radius 1 is 1.35 bits per heavy atom. The Morgan fingerprint density at radius 2 is 2.06 bits per heavy atom. The van der Waals surface area contributed by atoms with Crippen LogP contribution in [0.25, 0.3) is 5.69 Å². The van der Waals surface area contributed by atoms with Gasteiger partial charge in [-0.25, -0.2) is 0 Å². The molecule has 0 aliphatic rings. The largest absolute Gasteiger partial charge is 0.341 e. The van der Waals surface area contributed by atoms with Crippen molar-refractivity contribution in [3.05, 3.63) is 30.3 Å². The fourth-order valence-electron chi connectivity index (χ4n) is 1.67. The average molecular weight is 232 g/mol. The highest BCUT2D eigenvalue weighted by molar-refractivity contribution is 5.39. The van der Waals surface area contributed by atoms with Gasteiger partial charge in [0.05, 0.1) is 5.69 Å². The first kappa shape index (κ1) is 11.5. The molecule has 2 aromatic rings. The monoisotopic (exact) mass is 232 g/mol. The van der Waals surface area contributed by atoms with Crippen LogP contribution in [0.2, 0.25) is 0 Å². The van der Waals surface area contributed by atoms with Crippen LogP contribution < -0.4 is 10.6 Å². The Morgan fingerprint density at radius 3 is 2.71 bits per heavy atom. The van der Waals surface area contributed by atoms with E-state index in [0.29, 0.717) is 12.5 Å². The number of anilines is 1. The molecule has 1 aromatic carbocycles. The maximum atomic E-state index is 5.77. The maximum absolute atomic E-state index is 5.77. The lowest BCUT2D eigenvalue weighted by atomic mass is 10.3. The summed E-state index contributed by atoms with van der Waals surface area (Å²) in [6.07, 6.45) is 0. The summed E-state index contributed by atoms with van der Waals surface area (Å²) in [5.41, 5.74) is 6.70. The van der Waals surface area contributed by atoms with E-state index in [2.05, 4.69) is 15.5 Å². The Kier molecular flexibility index (Phi) is 3.34. The average Bonchev–Trinajstić information content (AvgIpc) is 2.78. The third kappa shape index (κ3) is 2.59. The lowest BCUT2D eigenvalue weighted by Gasteiger charge is -2.19. The van der Waals surface area contributed by atoms with Crippen molar-refractivity contribution in [2.24, 2.45) is 5.73 Å². The highest BCUT2D eigenvalue weighted by Crippen LogP contribution is 2.13. The first-order valence-electron chi connectivity index (χ1n) is 5.49. The lowest BCUT2D eigenvalue weighted by molar-refractivity contribution is 0.693. The van der Waals surface area contributed by atoms with E-state index in [1.54, 1.807) is 4.68 Å². The molecule has 1 unspecified atom stereocenters. The van der Waals surface area contributed by atoms with Gasteiger partial charge in [0, 0.05) is 19.6 Å². The summed E-state index contributed by atoms with van der Waals surface area (Å²) in [4.78, 5) is 1.94. The zero-order chi connectivity index (χ0) is 12.3. The Hall–Kier alpha value is -1.95. The van der Waals surface area contributed by atoms with Crippen LogP contribution in [0.1, 0.15) is 6.92 Å². The molecule has 0 aliphatic heterocycles. The molecule has 0 bridgehead atoms. The van der Waals surface area contributed by atoms with E-state index in [1.165, 1.54) is 0 Å². The van der Waals surface area contributed by atoms with Gasteiger partial charge in [-0.05, 0) is 29.5 Å². The Labute approximate surface area is 100 Å². The summed E-state index contributed by atoms with van der Waals surface area (Å²) in [6, 6.07) is 9.85. The Balaban J connectivity index is 2.29. The molecule has 1 atom stereocenters. The van der Waals surface area contributed by atoms with Crippen molar-refractivity contribution in [1.82, 2.24) is 20.2 Å². The summed E-state index contributed by atoms with van der Waals surface area (Å²) in [5, 5.41) is 11.7. The molecule has 17 heavy (non-hydrogen) atoms. The van der Waals surface area contributed by atoms with Crippen LogP contribution in [0, 0.1) is 0 Å². The minimum atomic E-state index is 0.0703. The molecule has 0 spiro atoms. The van der Waals surface area contributed by atoms with Crippen molar-refractivity contribution in [1.29, 1.82) is 0 Å². The normalized spacial score (nSPS) is 12.4. The van der Waals surface area contributed by atoms with E-state index in [-0.39, 0.29) is 6.04 Å². The van der Waals surface area contributed by atoms with Crippen molar-refractivity contribution in [3.63, 3.8) is 0 Å². The molecule has 0 radical (unpaired) electrons. The second-order valence-corrected chi connectivity index (χ2v) is 4.08. The number of likely N-dealkylation sites (N-methyl/N-ethyl adjacent to an activating group) is 1. The van der Waals surface area contributed by atoms with E-state index in [9.17, 15) is 0 Å². The summed E-state index contributed by atoms with van der Waals surface area (Å²) in [6.45, 7) is 2.65. The first-order valence-corrected chi connectivity index (χ1v) is 5.49. The van der Waals surface area contributed by atoms with Crippen LogP contribution in [-0.2, 0) is 0 Å². The molecule has 0 amide bonds. The van der Waals surface area contributed by atoms with Gasteiger partial charge >= 0.3 is 0 Å². The summed E-state index contributed by atoms with van der Waals surface area (Å²) in [7, 11) is 1.93. The van der Waals surface area contributed by atoms with Gasteiger partial charge in [-0.15, -0.1) is 0 Å². The zero-order valence-electron chi connectivity index (χ0n) is 9.98. The minimum Gasteiger partial charge on any atom is -0.341 e. The molecule has 6 heteroatoms. The highest BCUT2D eigenvalue weighted by atomic mass is 15.6. The number of nitrogens with zero attached hydrogens (tertiary/aromatic N) is 5. The van der Waals surface area contributed by atoms with Crippen LogP contribution in [0.4, 0.5) is 5.95 Å². The maximum Gasteiger partial charge on any atom is 0.250 e. The van der Waals surface area contributed by atoms with Crippen LogP contribution in [0.15, 0.2) is 30.3 Å². The first-order chi connectivity index (χ1) is 8.18. The third-order valence-corrected chi connectivity index (χ3v) is 2.36. The van der Waals surface area contributed by atoms with Gasteiger partial charge in [0.2, 0.25) is 5.95 Å². The van der Waals surface area contributed by atoms with Gasteiger partial charge in [-0.2, -0.15) is 4.68 Å². The quantitative estimate of drug-likeness (QED) is 0.828. The number of para-hydroxylation sites is 1. The lowest BCUT2D eigenvalue weighted by Crippen LogP contribution is -2.34. The van der Waals surface area contributed by atoms with Crippen molar-refractivity contribution in [2.75, 3.05) is 18.5 Å². The van der Waals surface area contributed by atoms with Crippen molar-refractivity contribution >= 4 is 5.95 Å². The molecule has 2 rings (SSSR count). The van der Waals surface area contributed by atoms with E-state index in [0.717, 1.165) is 5.69 Å². The van der Waals surface area contributed by atoms with Gasteiger partial charge < -0.3 is 10.6 Å². The molecular formula is C11H16N6. The molecular weight excluding hydrogens is 216 g/mol. The molecule has 90 valence electrons. The molecule has 0 saturated carbocycles. The number of hydrogen-bond donors (Lipinski definition) is 1. The van der Waals surface area contributed by atoms with Crippen molar-refractivity contribution < 1.29 is 0 Å². The van der Waals surface area contributed by atoms with E-state index >= 15 is 0 Å². The summed E-state index contributed by atoms with van der Waals surface area (Å²) < 4.78 is 1.70. The predicted octanol–water partition coefficient (Wildman–Crippen LogP) is 0.446. The number of tetrazole rings is 1. The minimum absolute atomic E-state index is 0.0703. The Bertz CT molecular complexity index is 464. The highest BCUT2D eigenvalue weighted by Gasteiger charge is 2.13. The molecule has 2 N–H and O–H groups in total. The predicted molar refractivity (Wildman–Crippen MR) is 66.1 cm³/mol. The molecule has 6 nitrogen and oxygen atoms in total. The van der Waals surface area contributed by atoms with Crippen LogP contribution in [-0.4, -0.2) is 39.8 Å². The standard InChI is InChI=1S/C11H16N6/c1-9(12)8-16(2)11-13-14-15-17(11)10-6-4-3-5-7-10/h3-7,9H,8,12H2,1-2H3. The molecule has 0 fully saturated rings. The van der Waals surface area contributed by atoms with E-state index < -0.39 is 0 Å². The second kappa shape index (κ2) is 4.92. The fourth-order valence-corrected chi connectivity index (χ4v) is 1.67. The summed E-state index contributed by atoms with van der Waals surface area (Å²) in [5.74, 6) is 0.688. The summed E-state index contributed by atoms with van der Waals surface area (Å²) >= 11 is 0. The molecule has 0 saturated heterocycles. The van der Waals surface area contributed by atoms with Gasteiger partial charge in [0.25, 0.3) is 0 Å². The number of nitrogens with two attached hydrogens (primary N) is 1. The van der Waals surface area contributed by atoms with Crippen molar-refractivity contribution in [2.45, 2.75) is 13.0 Å². The smallest absolute Gasteiger partial charge is 0.250 e. The van der Waals surface area contributed by atoms with Crippen LogP contribution in [0.3, 0.4) is 0 Å². The topological polar surface area (TPSA) is 72.9 Å². The second-order valence-electron chi connectivity index (χ2n) is 4.08. The van der Waals surface area contributed by atoms with Crippen LogP contribution in [0.5, 0.6) is 0 Å². The zero-order valence-corrected chi connectivity index (χ0v) is 9.98. The molecule has 1 aromatic heterocycles. The number of rotatable bonds is 4. The van der Waals surface area contributed by atoms with Gasteiger partial charge in [-0.1, -0.05) is 23.3 Å². The van der Waals surface area contributed by atoms with E-state index in [4.69, 9.17) is 5.73 Å². The van der Waals surface area contributed by atoms with Gasteiger partial charge in [-0.3, -0.25) is 0 Å². The van der Waals surface area contributed by atoms with E-state index in [1.807, 2.05) is 49.2 Å². The van der Waals surface area contributed by atoms with Crippen molar-refractivity contribution in [3.8, 4) is 5.69 Å². The van der Waals surface area contributed by atoms with Gasteiger partial charge in [0.15, 0.2) is 0 Å². The third-order valence-electron chi connectivity index (χ3n) is 2.36. The number of benzene rings is 1. The van der Waals surface area contributed by atoms with Gasteiger partial charge in [0.1, 0.15) is 0 Å². The fraction of sp³-hybridized carbons (Fsp3) is 0.364. The molecule has 1 heterocycles. The molecule has 0 aliphatic carbocycles. The van der Waals surface area contributed by atoms with Crippen LogP contribution >= 0.6 is 0 Å².